The van der Waals surface area contributed by atoms with Crippen LogP contribution in [-0.4, -0.2) is 72.8 Å². The van der Waals surface area contributed by atoms with Gasteiger partial charge in [0.25, 0.3) is 5.91 Å². The average Bonchev–Trinajstić information content (AvgIpc) is 3.31. The van der Waals surface area contributed by atoms with Gasteiger partial charge in [0, 0.05) is 49.7 Å². The molecule has 2 fully saturated rings. The number of piperidine rings is 1. The van der Waals surface area contributed by atoms with Gasteiger partial charge in [-0.25, -0.2) is 18.4 Å². The number of hydrogen-bond donors (Lipinski definition) is 0. The topological polar surface area (TPSA) is 86.7 Å². The smallest absolute Gasteiger partial charge is 0.253 e. The fourth-order valence-corrected chi connectivity index (χ4v) is 8.62. The summed E-state index contributed by atoms with van der Waals surface area (Å²) in [6.45, 7) is 5.72. The number of aryl methyl sites for hydroxylation is 3. The minimum Gasteiger partial charge on any atom is -0.352 e. The van der Waals surface area contributed by atoms with Gasteiger partial charge in [-0.1, -0.05) is 6.42 Å². The molecule has 1 amide bonds. The van der Waals surface area contributed by atoms with Crippen LogP contribution in [0.3, 0.4) is 0 Å². The summed E-state index contributed by atoms with van der Waals surface area (Å²) in [5.74, 6) is 1.75. The van der Waals surface area contributed by atoms with Gasteiger partial charge in [0.15, 0.2) is 0 Å². The Bertz CT molecular complexity index is 1420. The highest BCUT2D eigenvalue weighted by molar-refractivity contribution is 7.89. The second-order valence-corrected chi connectivity index (χ2v) is 13.3. The number of rotatable bonds is 4. The molecule has 2 aliphatic heterocycles. The molecule has 8 nitrogen and oxygen atoms in total. The van der Waals surface area contributed by atoms with E-state index in [1.807, 2.05) is 23.2 Å². The quantitative estimate of drug-likeness (QED) is 0.498. The van der Waals surface area contributed by atoms with Crippen LogP contribution in [0.5, 0.6) is 0 Å². The summed E-state index contributed by atoms with van der Waals surface area (Å²) < 4.78 is 27.4. The van der Waals surface area contributed by atoms with Gasteiger partial charge in [0.2, 0.25) is 10.0 Å². The first-order valence-corrected chi connectivity index (χ1v) is 15.6. The van der Waals surface area contributed by atoms with Crippen LogP contribution in [0, 0.1) is 6.92 Å². The van der Waals surface area contributed by atoms with Crippen molar-refractivity contribution >= 4 is 43.3 Å². The standard InChI is InChI=1S/C27H33N5O3S2/c1-19-28-25(24-22-7-3-4-8-23(22)36-26(24)29-19)30-15-17-31(18-16-30)27(33)20-9-11-21(12-10-20)37(34,35)32-13-5-2-6-14-32/h9-12H,2-8,13-18H2,1H3. The van der Waals surface area contributed by atoms with Crippen LogP contribution in [0.2, 0.25) is 0 Å². The maximum absolute atomic E-state index is 13.2. The lowest BCUT2D eigenvalue weighted by atomic mass is 9.97. The predicted molar refractivity (Wildman–Crippen MR) is 146 cm³/mol. The third-order valence-corrected chi connectivity index (χ3v) is 10.9. The zero-order chi connectivity index (χ0) is 25.6. The minimum absolute atomic E-state index is 0.0569. The second-order valence-electron chi connectivity index (χ2n) is 10.3. The molecule has 0 atom stereocenters. The van der Waals surface area contributed by atoms with Crippen LogP contribution in [-0.2, 0) is 22.9 Å². The number of benzene rings is 1. The van der Waals surface area contributed by atoms with Crippen molar-refractivity contribution in [1.82, 2.24) is 19.2 Å². The molecular formula is C27H33N5O3S2. The molecule has 2 saturated heterocycles. The number of piperazine rings is 1. The molecule has 3 aromatic rings. The maximum atomic E-state index is 13.2. The molecule has 0 spiro atoms. The molecule has 4 heterocycles. The van der Waals surface area contributed by atoms with Crippen molar-refractivity contribution in [2.75, 3.05) is 44.2 Å². The molecule has 10 heteroatoms. The Kier molecular flexibility index (Phi) is 6.66. The molecule has 37 heavy (non-hydrogen) atoms. The largest absolute Gasteiger partial charge is 0.352 e. The molecule has 1 aromatic carbocycles. The number of aromatic nitrogens is 2. The van der Waals surface area contributed by atoms with Crippen LogP contribution in [0.4, 0.5) is 5.82 Å². The van der Waals surface area contributed by atoms with E-state index in [4.69, 9.17) is 9.97 Å². The van der Waals surface area contributed by atoms with E-state index in [0.717, 1.165) is 48.6 Å². The molecule has 6 rings (SSSR count). The molecule has 3 aliphatic rings. The Morgan fingerprint density at radius 2 is 1.57 bits per heavy atom. The van der Waals surface area contributed by atoms with Gasteiger partial charge >= 0.3 is 0 Å². The van der Waals surface area contributed by atoms with Gasteiger partial charge in [-0.2, -0.15) is 4.31 Å². The van der Waals surface area contributed by atoms with E-state index in [9.17, 15) is 13.2 Å². The van der Waals surface area contributed by atoms with Crippen LogP contribution < -0.4 is 4.90 Å². The van der Waals surface area contributed by atoms with Crippen molar-refractivity contribution in [2.45, 2.75) is 56.8 Å². The highest BCUT2D eigenvalue weighted by Gasteiger charge is 2.29. The number of fused-ring (bicyclic) bond motifs is 3. The second kappa shape index (κ2) is 9.96. The third-order valence-electron chi connectivity index (χ3n) is 7.83. The van der Waals surface area contributed by atoms with E-state index in [-0.39, 0.29) is 10.8 Å². The van der Waals surface area contributed by atoms with Crippen molar-refractivity contribution < 1.29 is 13.2 Å². The summed E-state index contributed by atoms with van der Waals surface area (Å²) >= 11 is 1.82. The maximum Gasteiger partial charge on any atom is 0.253 e. The lowest BCUT2D eigenvalue weighted by molar-refractivity contribution is 0.0746. The number of anilines is 1. The number of carbonyl (C=O) groups is 1. The zero-order valence-corrected chi connectivity index (χ0v) is 22.9. The third kappa shape index (κ3) is 4.64. The molecule has 0 unspecified atom stereocenters. The summed E-state index contributed by atoms with van der Waals surface area (Å²) in [5.41, 5.74) is 1.96. The van der Waals surface area contributed by atoms with Crippen molar-refractivity contribution in [3.8, 4) is 0 Å². The molecule has 196 valence electrons. The van der Waals surface area contributed by atoms with E-state index < -0.39 is 10.0 Å². The molecule has 0 saturated carbocycles. The van der Waals surface area contributed by atoms with Gasteiger partial charge in [0.05, 0.1) is 10.3 Å². The van der Waals surface area contributed by atoms with Crippen molar-refractivity contribution in [3.05, 3.63) is 46.1 Å². The molecule has 0 bridgehead atoms. The number of sulfonamides is 1. The van der Waals surface area contributed by atoms with Gasteiger partial charge in [-0.15, -0.1) is 11.3 Å². The van der Waals surface area contributed by atoms with Crippen LogP contribution in [0.15, 0.2) is 29.2 Å². The first-order valence-electron chi connectivity index (χ1n) is 13.3. The predicted octanol–water partition coefficient (Wildman–Crippen LogP) is 4.02. The molecular weight excluding hydrogens is 506 g/mol. The zero-order valence-electron chi connectivity index (χ0n) is 21.3. The lowest BCUT2D eigenvalue weighted by Gasteiger charge is -2.36. The minimum atomic E-state index is -3.50. The highest BCUT2D eigenvalue weighted by Crippen LogP contribution is 2.40. The van der Waals surface area contributed by atoms with E-state index in [2.05, 4.69) is 4.90 Å². The number of carbonyl (C=O) groups excluding carboxylic acids is 1. The fourth-order valence-electron chi connectivity index (χ4n) is 5.80. The first kappa shape index (κ1) is 24.8. The van der Waals surface area contributed by atoms with Crippen molar-refractivity contribution in [3.63, 3.8) is 0 Å². The highest BCUT2D eigenvalue weighted by atomic mass is 32.2. The Morgan fingerprint density at radius 3 is 2.30 bits per heavy atom. The molecule has 0 N–H and O–H groups in total. The Morgan fingerprint density at radius 1 is 0.865 bits per heavy atom. The van der Waals surface area contributed by atoms with Crippen LogP contribution >= 0.6 is 11.3 Å². The molecule has 1 aliphatic carbocycles. The Labute approximate surface area is 222 Å². The fraction of sp³-hybridized carbons (Fsp3) is 0.519. The van der Waals surface area contributed by atoms with Gasteiger partial charge < -0.3 is 9.80 Å². The molecule has 0 radical (unpaired) electrons. The SMILES string of the molecule is Cc1nc(N2CCN(C(=O)c3ccc(S(=O)(=O)N4CCCCC4)cc3)CC2)c2c3c(sc2n1)CCCC3. The number of hydrogen-bond acceptors (Lipinski definition) is 7. The number of amides is 1. The molecule has 2 aromatic heterocycles. The van der Waals surface area contributed by atoms with E-state index >= 15 is 0 Å². The van der Waals surface area contributed by atoms with Gasteiger partial charge in [-0.3, -0.25) is 4.79 Å². The Hall–Kier alpha value is -2.56. The Balaban J connectivity index is 1.16. The summed E-state index contributed by atoms with van der Waals surface area (Å²) in [7, 11) is -3.50. The lowest BCUT2D eigenvalue weighted by Crippen LogP contribution is -2.49. The van der Waals surface area contributed by atoms with Crippen LogP contribution in [0.25, 0.3) is 10.2 Å². The first-order chi connectivity index (χ1) is 17.9. The summed E-state index contributed by atoms with van der Waals surface area (Å²) in [4.78, 5) is 29.8. The van der Waals surface area contributed by atoms with E-state index in [1.165, 1.54) is 28.7 Å². The summed E-state index contributed by atoms with van der Waals surface area (Å²) in [6, 6.07) is 6.46. The van der Waals surface area contributed by atoms with Gasteiger partial charge in [-0.05, 0) is 75.3 Å². The number of nitrogens with zero attached hydrogens (tertiary/aromatic N) is 5. The average molecular weight is 540 g/mol. The van der Waals surface area contributed by atoms with Crippen molar-refractivity contribution in [1.29, 1.82) is 0 Å². The summed E-state index contributed by atoms with van der Waals surface area (Å²) in [6.07, 6.45) is 7.56. The van der Waals surface area contributed by atoms with E-state index in [1.54, 1.807) is 28.6 Å². The normalized spacial score (nSPS) is 19.3. The van der Waals surface area contributed by atoms with Crippen molar-refractivity contribution in [2.24, 2.45) is 0 Å². The monoisotopic (exact) mass is 539 g/mol. The number of thiophene rings is 1. The summed E-state index contributed by atoms with van der Waals surface area (Å²) in [5, 5.41) is 1.22. The van der Waals surface area contributed by atoms with Gasteiger partial charge in [0.1, 0.15) is 16.5 Å². The van der Waals surface area contributed by atoms with Crippen LogP contribution in [0.1, 0.15) is 58.7 Å². The van der Waals surface area contributed by atoms with E-state index in [0.29, 0.717) is 44.8 Å².